The molecular formula is C21H21F3N6O4. The Bertz CT molecular complexity index is 1360. The molecule has 0 bridgehead atoms. The number of hydrogen-bond acceptors (Lipinski definition) is 7. The number of ether oxygens (including phenoxy) is 1. The van der Waals surface area contributed by atoms with Gasteiger partial charge in [-0.25, -0.2) is 9.50 Å². The zero-order valence-corrected chi connectivity index (χ0v) is 17.6. The van der Waals surface area contributed by atoms with Gasteiger partial charge < -0.3 is 25.8 Å². The molecule has 1 fully saturated rings. The van der Waals surface area contributed by atoms with Crippen LogP contribution in [-0.2, 0) is 4.79 Å². The number of hydrogen-bond donors (Lipinski definition) is 4. The molecule has 4 N–H and O–H groups in total. The summed E-state index contributed by atoms with van der Waals surface area (Å²) in [5.74, 6) is -1.73. The molecular weight excluding hydrogens is 457 g/mol. The van der Waals surface area contributed by atoms with Crippen molar-refractivity contribution in [3.63, 3.8) is 0 Å². The maximum absolute atomic E-state index is 13.2. The number of nitrogens with one attached hydrogen (secondary N) is 3. The number of carbonyl (C=O) groups is 2. The van der Waals surface area contributed by atoms with Gasteiger partial charge in [-0.05, 0) is 18.9 Å². The SMILES string of the molecule is [2H]C([2H])([2H])NC(=O)c1cnc(NC(=O)C2CC2)cc1Nc1cnn2ccc([C@H](O)C(F)(F)F)c(OC)c12. The highest BCUT2D eigenvalue weighted by molar-refractivity contribution is 6.02. The maximum atomic E-state index is 13.2. The fourth-order valence-corrected chi connectivity index (χ4v) is 3.36. The van der Waals surface area contributed by atoms with E-state index in [0.29, 0.717) is 0 Å². The number of methoxy groups -OCH3 is 1. The van der Waals surface area contributed by atoms with Gasteiger partial charge in [0.25, 0.3) is 5.91 Å². The standard InChI is InChI=1S/C21H21F3N6O4/c1-25-20(33)12-8-26-15(29-19(32)10-3-4-10)7-13(12)28-14-9-27-30-6-5-11(17(34-2)16(14)30)18(31)21(22,23)24/h5-10,18,31H,3-4H2,1-2H3,(H,25,33)(H2,26,28,29,32)/t18-/m0/s1/i1D3. The molecule has 0 unspecified atom stereocenters. The van der Waals surface area contributed by atoms with E-state index in [4.69, 9.17) is 8.85 Å². The summed E-state index contributed by atoms with van der Waals surface area (Å²) in [6, 6.07) is 2.28. The van der Waals surface area contributed by atoms with Crippen LogP contribution < -0.4 is 20.7 Å². The molecule has 1 aliphatic carbocycles. The van der Waals surface area contributed by atoms with Crippen LogP contribution in [0.15, 0.2) is 30.7 Å². The summed E-state index contributed by atoms with van der Waals surface area (Å²) in [7, 11) is 1.12. The summed E-state index contributed by atoms with van der Waals surface area (Å²) in [6.45, 7) is -2.82. The fraction of sp³-hybridized carbons (Fsp3) is 0.333. The molecule has 10 nitrogen and oxygen atoms in total. The van der Waals surface area contributed by atoms with Gasteiger partial charge in [-0.2, -0.15) is 18.3 Å². The molecule has 3 heterocycles. The molecule has 4 rings (SSSR count). The summed E-state index contributed by atoms with van der Waals surface area (Å²) in [4.78, 5) is 28.8. The fourth-order valence-electron chi connectivity index (χ4n) is 3.36. The van der Waals surface area contributed by atoms with E-state index in [1.54, 1.807) is 0 Å². The van der Waals surface area contributed by atoms with Crippen molar-refractivity contribution in [2.24, 2.45) is 5.92 Å². The summed E-state index contributed by atoms with van der Waals surface area (Å²) < 4.78 is 68.0. The van der Waals surface area contributed by atoms with E-state index in [-0.39, 0.29) is 45.8 Å². The van der Waals surface area contributed by atoms with Gasteiger partial charge >= 0.3 is 6.18 Å². The van der Waals surface area contributed by atoms with Crippen LogP contribution in [0.3, 0.4) is 0 Å². The summed E-state index contributed by atoms with van der Waals surface area (Å²) in [5, 5.41) is 21.2. The molecule has 1 aliphatic rings. The molecule has 1 saturated carbocycles. The van der Waals surface area contributed by atoms with Gasteiger partial charge in [-0.3, -0.25) is 9.59 Å². The minimum Gasteiger partial charge on any atom is -0.494 e. The van der Waals surface area contributed by atoms with Crippen molar-refractivity contribution in [2.45, 2.75) is 25.1 Å². The molecule has 3 aromatic rings. The third-order valence-corrected chi connectivity index (χ3v) is 5.21. The number of alkyl halides is 3. The Morgan fingerprint density at radius 2 is 2.09 bits per heavy atom. The van der Waals surface area contributed by atoms with Gasteiger partial charge in [0.2, 0.25) is 5.91 Å². The number of aromatic nitrogens is 3. The Labute approximate surface area is 195 Å². The van der Waals surface area contributed by atoms with Crippen LogP contribution in [0.4, 0.5) is 30.4 Å². The van der Waals surface area contributed by atoms with Crippen LogP contribution in [0, 0.1) is 5.92 Å². The van der Waals surface area contributed by atoms with Crippen LogP contribution in [0.25, 0.3) is 5.52 Å². The number of carbonyl (C=O) groups excluding carboxylic acids is 2. The van der Waals surface area contributed by atoms with Gasteiger partial charge in [0.1, 0.15) is 11.3 Å². The molecule has 180 valence electrons. The zero-order valence-electron chi connectivity index (χ0n) is 20.6. The average Bonchev–Trinajstić information content (AvgIpc) is 3.58. The topological polar surface area (TPSA) is 130 Å². The second-order valence-corrected chi connectivity index (χ2v) is 7.56. The predicted octanol–water partition coefficient (Wildman–Crippen LogP) is 2.79. The molecule has 3 aromatic heterocycles. The first kappa shape index (κ1) is 19.6. The lowest BCUT2D eigenvalue weighted by atomic mass is 10.1. The van der Waals surface area contributed by atoms with Crippen LogP contribution >= 0.6 is 0 Å². The van der Waals surface area contributed by atoms with Crippen LogP contribution in [0.1, 0.15) is 39.0 Å². The van der Waals surface area contributed by atoms with Crippen LogP contribution in [-0.4, -0.2) is 51.8 Å². The summed E-state index contributed by atoms with van der Waals surface area (Å²) in [6.07, 6.45) is -2.90. The van der Waals surface area contributed by atoms with Crippen molar-refractivity contribution in [1.29, 1.82) is 0 Å². The number of amides is 2. The third kappa shape index (κ3) is 4.46. The minimum atomic E-state index is -4.97. The van der Waals surface area contributed by atoms with E-state index in [1.165, 1.54) is 23.0 Å². The lowest BCUT2D eigenvalue weighted by Gasteiger charge is -2.19. The monoisotopic (exact) mass is 481 g/mol. The van der Waals surface area contributed by atoms with Crippen molar-refractivity contribution in [1.82, 2.24) is 19.9 Å². The van der Waals surface area contributed by atoms with E-state index >= 15 is 0 Å². The highest BCUT2D eigenvalue weighted by Crippen LogP contribution is 2.41. The quantitative estimate of drug-likeness (QED) is 0.408. The number of aliphatic hydroxyl groups excluding tert-OH is 1. The van der Waals surface area contributed by atoms with E-state index in [9.17, 15) is 27.9 Å². The molecule has 0 radical (unpaired) electrons. The Kier molecular flexibility index (Phi) is 5.08. The smallest absolute Gasteiger partial charge is 0.418 e. The molecule has 0 aromatic carbocycles. The number of pyridine rings is 2. The van der Waals surface area contributed by atoms with E-state index in [1.807, 2.05) is 5.32 Å². The van der Waals surface area contributed by atoms with Gasteiger partial charge in [-0.1, -0.05) is 0 Å². The van der Waals surface area contributed by atoms with Crippen molar-refractivity contribution >= 4 is 34.5 Å². The van der Waals surface area contributed by atoms with Crippen LogP contribution in [0.2, 0.25) is 0 Å². The molecule has 0 saturated heterocycles. The molecule has 2 amide bonds. The Morgan fingerprint density at radius 1 is 1.32 bits per heavy atom. The van der Waals surface area contributed by atoms with Gasteiger partial charge in [-0.15, -0.1) is 0 Å². The largest absolute Gasteiger partial charge is 0.494 e. The predicted molar refractivity (Wildman–Crippen MR) is 115 cm³/mol. The van der Waals surface area contributed by atoms with Gasteiger partial charge in [0.05, 0.1) is 30.2 Å². The van der Waals surface area contributed by atoms with Crippen molar-refractivity contribution < 1.29 is 36.7 Å². The third-order valence-electron chi connectivity index (χ3n) is 5.21. The van der Waals surface area contributed by atoms with Crippen molar-refractivity contribution in [2.75, 3.05) is 24.7 Å². The maximum Gasteiger partial charge on any atom is 0.418 e. The number of aliphatic hydroxyl groups is 1. The van der Waals surface area contributed by atoms with Crippen molar-refractivity contribution in [3.05, 3.63) is 41.9 Å². The number of halogens is 3. The number of nitrogens with zero attached hydrogens (tertiary/aromatic N) is 3. The molecule has 34 heavy (non-hydrogen) atoms. The highest BCUT2D eigenvalue weighted by Gasteiger charge is 2.41. The summed E-state index contributed by atoms with van der Waals surface area (Å²) >= 11 is 0. The lowest BCUT2D eigenvalue weighted by Crippen LogP contribution is -2.21. The van der Waals surface area contributed by atoms with Crippen molar-refractivity contribution in [3.8, 4) is 5.75 Å². The van der Waals surface area contributed by atoms with E-state index < -0.39 is 30.7 Å². The Balaban J connectivity index is 1.78. The molecule has 0 spiro atoms. The molecule has 13 heteroatoms. The minimum absolute atomic E-state index is 0.00847. The first-order valence-electron chi connectivity index (χ1n) is 11.5. The first-order valence-corrected chi connectivity index (χ1v) is 9.98. The Morgan fingerprint density at radius 3 is 2.74 bits per heavy atom. The Hall–Kier alpha value is -3.87. The van der Waals surface area contributed by atoms with Gasteiger partial charge in [0, 0.05) is 41.0 Å². The lowest BCUT2D eigenvalue weighted by molar-refractivity contribution is -0.207. The van der Waals surface area contributed by atoms with Gasteiger partial charge in [0.15, 0.2) is 11.9 Å². The molecule has 1 atom stereocenters. The second-order valence-electron chi connectivity index (χ2n) is 7.56. The number of rotatable bonds is 7. The highest BCUT2D eigenvalue weighted by atomic mass is 19.4. The van der Waals surface area contributed by atoms with E-state index in [0.717, 1.165) is 32.2 Å². The average molecular weight is 481 g/mol. The summed E-state index contributed by atoms with van der Waals surface area (Å²) in [5.41, 5.74) is -0.780. The molecule has 0 aliphatic heterocycles. The number of anilines is 3. The normalized spacial score (nSPS) is 16.2. The van der Waals surface area contributed by atoms with Crippen LogP contribution in [0.5, 0.6) is 5.75 Å². The number of fused-ring (bicyclic) bond motifs is 1. The second kappa shape index (κ2) is 8.82. The van der Waals surface area contributed by atoms with E-state index in [2.05, 4.69) is 20.7 Å². The first-order chi connectivity index (χ1) is 17.3. The zero-order chi connectivity index (χ0) is 27.1.